The predicted octanol–water partition coefficient (Wildman–Crippen LogP) is 3.53. The minimum atomic E-state index is -0.508. The number of carbonyl (C=O) groups is 2. The van der Waals surface area contributed by atoms with Gasteiger partial charge in [0.1, 0.15) is 0 Å². The smallest absolute Gasteiger partial charge is 0.253 e. The fourth-order valence-electron chi connectivity index (χ4n) is 3.14. The molecule has 1 aliphatic rings. The Balaban J connectivity index is 0.00000338. The molecule has 7 heteroatoms. The van der Waals surface area contributed by atoms with Crippen LogP contribution in [0, 0.1) is 0 Å². The summed E-state index contributed by atoms with van der Waals surface area (Å²) in [5, 5.41) is 2.81. The number of nitrogens with two attached hydrogens (primary N) is 1. The Labute approximate surface area is 166 Å². The van der Waals surface area contributed by atoms with Gasteiger partial charge in [-0.15, -0.1) is 12.4 Å². The predicted molar refractivity (Wildman–Crippen MR) is 112 cm³/mol. The first-order valence-electron chi connectivity index (χ1n) is 8.95. The van der Waals surface area contributed by atoms with Crippen LogP contribution in [-0.2, 0) is 4.79 Å². The molecule has 5 nitrogen and oxygen atoms in total. The van der Waals surface area contributed by atoms with Crippen LogP contribution in [0.1, 0.15) is 48.9 Å². The van der Waals surface area contributed by atoms with Crippen molar-refractivity contribution in [3.63, 3.8) is 0 Å². The topological polar surface area (TPSA) is 75.4 Å². The van der Waals surface area contributed by atoms with Gasteiger partial charge in [0.05, 0.1) is 6.04 Å². The van der Waals surface area contributed by atoms with E-state index < -0.39 is 6.04 Å². The maximum Gasteiger partial charge on any atom is 0.253 e. The summed E-state index contributed by atoms with van der Waals surface area (Å²) in [7, 11) is 1.89. The van der Waals surface area contributed by atoms with E-state index in [4.69, 9.17) is 5.73 Å². The van der Waals surface area contributed by atoms with E-state index in [9.17, 15) is 9.59 Å². The van der Waals surface area contributed by atoms with Crippen molar-refractivity contribution in [1.82, 2.24) is 4.90 Å². The molecule has 2 amide bonds. The summed E-state index contributed by atoms with van der Waals surface area (Å²) in [4.78, 5) is 26.5. The van der Waals surface area contributed by atoms with Gasteiger partial charge in [-0.25, -0.2) is 0 Å². The molecule has 1 aliphatic carbocycles. The summed E-state index contributed by atoms with van der Waals surface area (Å²) in [5.74, 6) is 0.712. The van der Waals surface area contributed by atoms with Gasteiger partial charge in [0.15, 0.2) is 0 Å². The molecule has 0 unspecified atom stereocenters. The Morgan fingerprint density at radius 1 is 1.23 bits per heavy atom. The summed E-state index contributed by atoms with van der Waals surface area (Å²) in [6, 6.07) is 6.90. The number of anilines is 1. The third-order valence-corrected chi connectivity index (χ3v) is 5.46. The van der Waals surface area contributed by atoms with Crippen LogP contribution in [0.3, 0.4) is 0 Å². The van der Waals surface area contributed by atoms with E-state index in [1.807, 2.05) is 18.2 Å². The van der Waals surface area contributed by atoms with Crippen LogP contribution in [0.2, 0.25) is 0 Å². The number of benzene rings is 1. The Hall–Kier alpha value is -1.24. The molecule has 3 N–H and O–H groups in total. The molecule has 0 bridgehead atoms. The van der Waals surface area contributed by atoms with E-state index >= 15 is 0 Å². The zero-order valence-corrected chi connectivity index (χ0v) is 17.2. The first kappa shape index (κ1) is 22.8. The zero-order chi connectivity index (χ0) is 18.2. The van der Waals surface area contributed by atoms with Gasteiger partial charge in [0, 0.05) is 24.3 Å². The summed E-state index contributed by atoms with van der Waals surface area (Å²) >= 11 is 1.67. The molecule has 26 heavy (non-hydrogen) atoms. The summed E-state index contributed by atoms with van der Waals surface area (Å²) in [5.41, 5.74) is 7.18. The highest BCUT2D eigenvalue weighted by molar-refractivity contribution is 7.98. The van der Waals surface area contributed by atoms with Gasteiger partial charge in [-0.1, -0.05) is 19.3 Å². The van der Waals surface area contributed by atoms with Crippen molar-refractivity contribution in [3.05, 3.63) is 29.8 Å². The molecule has 1 atom stereocenters. The quantitative estimate of drug-likeness (QED) is 0.735. The van der Waals surface area contributed by atoms with Crippen LogP contribution in [0.5, 0.6) is 0 Å². The molecule has 0 saturated heterocycles. The van der Waals surface area contributed by atoms with Crippen LogP contribution in [0.25, 0.3) is 0 Å². The molecule has 0 radical (unpaired) electrons. The van der Waals surface area contributed by atoms with Crippen molar-refractivity contribution in [3.8, 4) is 0 Å². The third-order valence-electron chi connectivity index (χ3n) is 4.81. The highest BCUT2D eigenvalue weighted by atomic mass is 35.5. The number of rotatable bonds is 7. The Bertz CT molecular complexity index is 577. The highest BCUT2D eigenvalue weighted by Gasteiger charge is 2.23. The molecule has 1 aromatic carbocycles. The van der Waals surface area contributed by atoms with E-state index in [-0.39, 0.29) is 24.2 Å². The van der Waals surface area contributed by atoms with E-state index in [2.05, 4.69) is 5.32 Å². The number of hydrogen-bond donors (Lipinski definition) is 2. The highest BCUT2D eigenvalue weighted by Crippen LogP contribution is 2.23. The first-order chi connectivity index (χ1) is 12.0. The molecule has 0 aromatic heterocycles. The first-order valence-corrected chi connectivity index (χ1v) is 10.3. The second kappa shape index (κ2) is 11.5. The molecule has 146 valence electrons. The van der Waals surface area contributed by atoms with Crippen LogP contribution >= 0.6 is 24.2 Å². The second-order valence-corrected chi connectivity index (χ2v) is 7.65. The van der Waals surface area contributed by atoms with E-state index in [0.29, 0.717) is 23.7 Å². The maximum absolute atomic E-state index is 12.6. The van der Waals surface area contributed by atoms with Gasteiger partial charge in [0.2, 0.25) is 5.91 Å². The van der Waals surface area contributed by atoms with Gasteiger partial charge >= 0.3 is 0 Å². The van der Waals surface area contributed by atoms with Gasteiger partial charge in [0.25, 0.3) is 5.91 Å². The molecule has 1 fully saturated rings. The molecule has 0 aliphatic heterocycles. The molecular weight excluding hydrogens is 370 g/mol. The summed E-state index contributed by atoms with van der Waals surface area (Å²) < 4.78 is 0. The van der Waals surface area contributed by atoms with Crippen molar-refractivity contribution in [2.24, 2.45) is 5.73 Å². The molecule has 0 heterocycles. The van der Waals surface area contributed by atoms with Gasteiger partial charge in [-0.3, -0.25) is 9.59 Å². The lowest BCUT2D eigenvalue weighted by atomic mass is 9.94. The molecular formula is C19H30ClN3O2S. The minimum Gasteiger partial charge on any atom is -0.339 e. The monoisotopic (exact) mass is 399 g/mol. The van der Waals surface area contributed by atoms with Crippen molar-refractivity contribution in [1.29, 1.82) is 0 Å². The maximum atomic E-state index is 12.6. The van der Waals surface area contributed by atoms with Crippen molar-refractivity contribution >= 4 is 41.7 Å². The molecule has 1 aromatic rings. The zero-order valence-electron chi connectivity index (χ0n) is 15.6. The van der Waals surface area contributed by atoms with Crippen molar-refractivity contribution in [2.45, 2.75) is 50.6 Å². The number of amides is 2. The van der Waals surface area contributed by atoms with Crippen LogP contribution in [-0.4, -0.2) is 47.9 Å². The molecule has 2 rings (SSSR count). The Kier molecular flexibility index (Phi) is 10.1. The standard InChI is InChI=1S/C19H29N3O2S.ClH/c1-22(16-6-4-3-5-7-16)19(24)14-8-10-15(11-9-14)21-18(23)17(20)12-13-25-2;/h8-11,16-17H,3-7,12-13,20H2,1-2H3,(H,21,23);1H/t17-;/m0./s1. The van der Waals surface area contributed by atoms with Gasteiger partial charge in [-0.2, -0.15) is 11.8 Å². The second-order valence-electron chi connectivity index (χ2n) is 6.66. The van der Waals surface area contributed by atoms with Crippen molar-refractivity contribution < 1.29 is 9.59 Å². The largest absolute Gasteiger partial charge is 0.339 e. The van der Waals surface area contributed by atoms with Crippen LogP contribution in [0.15, 0.2) is 24.3 Å². The minimum absolute atomic E-state index is 0. The fourth-order valence-corrected chi connectivity index (χ4v) is 3.63. The lowest BCUT2D eigenvalue weighted by Crippen LogP contribution is -2.38. The number of nitrogens with one attached hydrogen (secondary N) is 1. The number of halogens is 1. The Morgan fingerprint density at radius 3 is 2.42 bits per heavy atom. The Morgan fingerprint density at radius 2 is 1.85 bits per heavy atom. The van der Waals surface area contributed by atoms with Gasteiger partial charge in [-0.05, 0) is 55.5 Å². The summed E-state index contributed by atoms with van der Waals surface area (Å²) in [6.45, 7) is 0. The normalized spacial score (nSPS) is 15.7. The van der Waals surface area contributed by atoms with Crippen LogP contribution in [0.4, 0.5) is 5.69 Å². The van der Waals surface area contributed by atoms with E-state index in [1.54, 1.807) is 36.0 Å². The fraction of sp³-hybridized carbons (Fsp3) is 0.579. The number of nitrogens with zero attached hydrogens (tertiary/aromatic N) is 1. The average Bonchev–Trinajstić information content (AvgIpc) is 2.66. The van der Waals surface area contributed by atoms with E-state index in [0.717, 1.165) is 18.6 Å². The SMILES string of the molecule is CSCC[C@H](N)C(=O)Nc1ccc(C(=O)N(C)C2CCCCC2)cc1.Cl. The molecule has 1 saturated carbocycles. The van der Waals surface area contributed by atoms with Crippen LogP contribution < -0.4 is 11.1 Å². The van der Waals surface area contributed by atoms with E-state index in [1.165, 1.54) is 19.3 Å². The lowest BCUT2D eigenvalue weighted by molar-refractivity contribution is -0.117. The van der Waals surface area contributed by atoms with Crippen molar-refractivity contribution in [2.75, 3.05) is 24.4 Å². The average molecular weight is 400 g/mol. The third kappa shape index (κ3) is 6.49. The number of carbonyl (C=O) groups excluding carboxylic acids is 2. The number of thioether (sulfide) groups is 1. The lowest BCUT2D eigenvalue weighted by Gasteiger charge is -2.31. The molecule has 0 spiro atoms. The van der Waals surface area contributed by atoms with Gasteiger partial charge < -0.3 is 16.0 Å². The number of hydrogen-bond acceptors (Lipinski definition) is 4. The summed E-state index contributed by atoms with van der Waals surface area (Å²) in [6.07, 6.45) is 8.48.